The molecule has 0 aliphatic carbocycles. The fourth-order valence-corrected chi connectivity index (χ4v) is 3.12. The number of piperazine rings is 1. The van der Waals surface area contributed by atoms with Gasteiger partial charge in [-0.05, 0) is 14.0 Å². The summed E-state index contributed by atoms with van der Waals surface area (Å²) in [6.07, 6.45) is 0. The molecule has 0 radical (unpaired) electrons. The third kappa shape index (κ3) is 3.17. The number of carbonyl (C=O) groups is 1. The largest absolute Gasteiger partial charge is 0.480 e. The van der Waals surface area contributed by atoms with Gasteiger partial charge in [0.05, 0.1) is 0 Å². The molecule has 1 aliphatic rings. The average molecular weight is 354 g/mol. The van der Waals surface area contributed by atoms with Crippen LogP contribution in [0.2, 0.25) is 5.15 Å². The van der Waals surface area contributed by atoms with Gasteiger partial charge in [-0.3, -0.25) is 19.3 Å². The Hall–Kier alpha value is -1.90. The minimum absolute atomic E-state index is 0.439. The Morgan fingerprint density at radius 1 is 1.46 bits per heavy atom. The lowest BCUT2D eigenvalue weighted by Crippen LogP contribution is -2.54. The molecular formula is C15H20ClN5O3. The fraction of sp³-hybridized carbons (Fsp3) is 0.533. The van der Waals surface area contributed by atoms with E-state index < -0.39 is 12.0 Å². The van der Waals surface area contributed by atoms with Gasteiger partial charge in [-0.25, -0.2) is 0 Å². The van der Waals surface area contributed by atoms with Crippen molar-refractivity contribution >= 4 is 17.6 Å². The molecule has 1 saturated heterocycles. The molecule has 1 aliphatic heterocycles. The van der Waals surface area contributed by atoms with Crippen LogP contribution in [0.1, 0.15) is 11.3 Å². The molecule has 9 heteroatoms. The lowest BCUT2D eigenvalue weighted by atomic mass is 10.1. The fourth-order valence-electron chi connectivity index (χ4n) is 2.94. The van der Waals surface area contributed by atoms with Crippen molar-refractivity contribution in [2.45, 2.75) is 19.5 Å². The Labute approximate surface area is 144 Å². The van der Waals surface area contributed by atoms with Crippen LogP contribution in [0.4, 0.5) is 0 Å². The van der Waals surface area contributed by atoms with Crippen LogP contribution in [0.3, 0.4) is 0 Å². The van der Waals surface area contributed by atoms with E-state index in [4.69, 9.17) is 16.1 Å². The Morgan fingerprint density at radius 3 is 2.83 bits per heavy atom. The van der Waals surface area contributed by atoms with Crippen LogP contribution in [0, 0.1) is 6.92 Å². The Kier molecular flexibility index (Phi) is 4.62. The van der Waals surface area contributed by atoms with E-state index in [1.165, 1.54) is 0 Å². The third-order valence-electron chi connectivity index (χ3n) is 4.34. The first-order chi connectivity index (χ1) is 11.4. The molecule has 8 nitrogen and oxygen atoms in total. The molecule has 0 bridgehead atoms. The number of aromatic nitrogens is 3. The number of likely N-dealkylation sites (N-methyl/N-ethyl adjacent to an activating group) is 1. The first kappa shape index (κ1) is 16.9. The zero-order valence-corrected chi connectivity index (χ0v) is 14.6. The predicted octanol–water partition coefficient (Wildman–Crippen LogP) is 1.24. The maximum Gasteiger partial charge on any atom is 0.322 e. The number of hydrogen-bond donors (Lipinski definition) is 1. The molecule has 2 aromatic heterocycles. The molecule has 3 heterocycles. The molecule has 130 valence electrons. The number of halogens is 1. The molecular weight excluding hydrogens is 334 g/mol. The topological polar surface area (TPSA) is 87.6 Å². The van der Waals surface area contributed by atoms with Gasteiger partial charge in [0.15, 0.2) is 0 Å². The number of hydrogen-bond acceptors (Lipinski definition) is 6. The average Bonchev–Trinajstić information content (AvgIpc) is 3.07. The van der Waals surface area contributed by atoms with Crippen molar-refractivity contribution in [1.82, 2.24) is 24.7 Å². The van der Waals surface area contributed by atoms with Crippen LogP contribution in [-0.4, -0.2) is 68.5 Å². The summed E-state index contributed by atoms with van der Waals surface area (Å²) in [5, 5.41) is 18.3. The zero-order valence-electron chi connectivity index (χ0n) is 13.9. The van der Waals surface area contributed by atoms with Crippen molar-refractivity contribution in [3.05, 3.63) is 22.5 Å². The van der Waals surface area contributed by atoms with Gasteiger partial charge in [0.2, 0.25) is 0 Å². The zero-order chi connectivity index (χ0) is 17.4. The summed E-state index contributed by atoms with van der Waals surface area (Å²) in [6, 6.07) is 1.29. The second kappa shape index (κ2) is 6.54. The van der Waals surface area contributed by atoms with E-state index in [-0.39, 0.29) is 0 Å². The maximum absolute atomic E-state index is 11.4. The molecule has 24 heavy (non-hydrogen) atoms. The van der Waals surface area contributed by atoms with E-state index in [0.29, 0.717) is 41.9 Å². The summed E-state index contributed by atoms with van der Waals surface area (Å²) in [5.41, 5.74) is 2.14. The van der Waals surface area contributed by atoms with Crippen molar-refractivity contribution in [1.29, 1.82) is 0 Å². The van der Waals surface area contributed by atoms with Crippen LogP contribution in [0.25, 0.3) is 11.4 Å². The number of carboxylic acids is 1. The minimum Gasteiger partial charge on any atom is -0.480 e. The number of rotatable bonds is 4. The van der Waals surface area contributed by atoms with Crippen molar-refractivity contribution in [3.63, 3.8) is 0 Å². The van der Waals surface area contributed by atoms with Gasteiger partial charge in [0.1, 0.15) is 28.3 Å². The summed E-state index contributed by atoms with van der Waals surface area (Å²) >= 11 is 6.41. The highest BCUT2D eigenvalue weighted by Gasteiger charge is 2.31. The van der Waals surface area contributed by atoms with E-state index in [2.05, 4.69) is 15.2 Å². The molecule has 1 atom stereocenters. The van der Waals surface area contributed by atoms with Gasteiger partial charge in [-0.2, -0.15) is 5.10 Å². The maximum atomic E-state index is 11.4. The lowest BCUT2D eigenvalue weighted by molar-refractivity contribution is -0.145. The highest BCUT2D eigenvalue weighted by molar-refractivity contribution is 6.30. The molecule has 1 N–H and O–H groups in total. The van der Waals surface area contributed by atoms with Crippen LogP contribution in [0.5, 0.6) is 0 Å². The smallest absolute Gasteiger partial charge is 0.322 e. The SMILES string of the molecule is Cc1cc(-c2nn(C)c(Cl)c2CN2CCN(C)C(C(=O)O)C2)no1. The number of carboxylic acid groups (broad SMARTS) is 1. The van der Waals surface area contributed by atoms with Crippen LogP contribution in [-0.2, 0) is 18.4 Å². The molecule has 1 fully saturated rings. The van der Waals surface area contributed by atoms with E-state index in [9.17, 15) is 9.90 Å². The van der Waals surface area contributed by atoms with E-state index in [1.54, 1.807) is 11.7 Å². The van der Waals surface area contributed by atoms with Crippen molar-refractivity contribution in [2.24, 2.45) is 7.05 Å². The van der Waals surface area contributed by atoms with Gasteiger partial charge in [0.25, 0.3) is 0 Å². The van der Waals surface area contributed by atoms with Crippen molar-refractivity contribution in [2.75, 3.05) is 26.7 Å². The molecule has 0 aromatic carbocycles. The number of aryl methyl sites for hydroxylation is 2. The minimum atomic E-state index is -0.813. The van der Waals surface area contributed by atoms with E-state index in [1.807, 2.05) is 24.9 Å². The third-order valence-corrected chi connectivity index (χ3v) is 4.81. The second-order valence-corrected chi connectivity index (χ2v) is 6.49. The van der Waals surface area contributed by atoms with Gasteiger partial charge >= 0.3 is 5.97 Å². The van der Waals surface area contributed by atoms with E-state index >= 15 is 0 Å². The Bertz CT molecular complexity index is 756. The highest BCUT2D eigenvalue weighted by Crippen LogP contribution is 2.29. The van der Waals surface area contributed by atoms with Gasteiger partial charge < -0.3 is 9.63 Å². The molecule has 1 unspecified atom stereocenters. The van der Waals surface area contributed by atoms with Gasteiger partial charge in [-0.15, -0.1) is 0 Å². The predicted molar refractivity (Wildman–Crippen MR) is 87.8 cm³/mol. The van der Waals surface area contributed by atoms with Gasteiger partial charge in [-0.1, -0.05) is 16.8 Å². The molecule has 2 aromatic rings. The van der Waals surface area contributed by atoms with E-state index in [0.717, 1.165) is 12.1 Å². The second-order valence-electron chi connectivity index (χ2n) is 6.13. The summed E-state index contributed by atoms with van der Waals surface area (Å²) in [5.74, 6) is -0.116. The molecule has 0 saturated carbocycles. The Balaban J connectivity index is 1.86. The lowest BCUT2D eigenvalue weighted by Gasteiger charge is -2.37. The summed E-state index contributed by atoms with van der Waals surface area (Å²) in [6.45, 7) is 4.23. The quantitative estimate of drug-likeness (QED) is 0.884. The van der Waals surface area contributed by atoms with Crippen molar-refractivity contribution in [3.8, 4) is 11.4 Å². The normalized spacial score (nSPS) is 19.8. The number of aliphatic carboxylic acids is 1. The van der Waals surface area contributed by atoms with Crippen LogP contribution in [0.15, 0.2) is 10.6 Å². The monoisotopic (exact) mass is 353 g/mol. The highest BCUT2D eigenvalue weighted by atomic mass is 35.5. The summed E-state index contributed by atoms with van der Waals surface area (Å²) in [7, 11) is 3.60. The molecule has 0 amide bonds. The van der Waals surface area contributed by atoms with Crippen LogP contribution < -0.4 is 0 Å². The first-order valence-corrected chi connectivity index (χ1v) is 8.05. The van der Waals surface area contributed by atoms with Gasteiger partial charge in [0, 0.05) is 44.9 Å². The Morgan fingerprint density at radius 2 is 2.21 bits per heavy atom. The van der Waals surface area contributed by atoms with Crippen LogP contribution >= 0.6 is 11.6 Å². The molecule has 0 spiro atoms. The summed E-state index contributed by atoms with van der Waals surface area (Å²) in [4.78, 5) is 15.3. The summed E-state index contributed by atoms with van der Waals surface area (Å²) < 4.78 is 6.73. The van der Waals surface area contributed by atoms with Crippen molar-refractivity contribution < 1.29 is 14.4 Å². The number of nitrogens with zero attached hydrogens (tertiary/aromatic N) is 5. The molecule has 3 rings (SSSR count). The first-order valence-electron chi connectivity index (χ1n) is 7.67. The standard InChI is InChI=1S/C15H20ClN5O3/c1-9-6-11(18-24-9)13-10(14(16)20(3)17-13)7-21-5-4-19(2)12(8-21)15(22)23/h6,12H,4-5,7-8H2,1-3H3,(H,22,23).